The van der Waals surface area contributed by atoms with Crippen LogP contribution in [0.4, 0.5) is 4.39 Å². The Hall–Kier alpha value is -2.45. The Balaban J connectivity index is 1.86. The number of nitrogens with one attached hydrogen (secondary N) is 2. The van der Waals surface area contributed by atoms with Gasteiger partial charge in [0.1, 0.15) is 11.6 Å². The molecule has 0 aliphatic rings. The molecule has 26 heavy (non-hydrogen) atoms. The van der Waals surface area contributed by atoms with E-state index in [4.69, 9.17) is 4.74 Å². The van der Waals surface area contributed by atoms with E-state index in [9.17, 15) is 17.6 Å². The van der Waals surface area contributed by atoms with Gasteiger partial charge < -0.3 is 10.1 Å². The molecule has 8 heteroatoms. The summed E-state index contributed by atoms with van der Waals surface area (Å²) in [6, 6.07) is 10.8. The van der Waals surface area contributed by atoms with E-state index in [2.05, 4.69) is 10.0 Å². The molecule has 2 aromatic carbocycles. The first-order valence-electron chi connectivity index (χ1n) is 7.98. The van der Waals surface area contributed by atoms with Crippen LogP contribution in [0.3, 0.4) is 0 Å². The smallest absolute Gasteiger partial charge is 0.241 e. The lowest BCUT2D eigenvalue weighted by Gasteiger charge is -2.11. The molecular weight excluding hydrogens is 359 g/mol. The topological polar surface area (TPSA) is 84.5 Å². The number of rotatable bonds is 8. The zero-order chi connectivity index (χ0) is 19.2. The molecule has 0 aliphatic heterocycles. The zero-order valence-electron chi connectivity index (χ0n) is 14.6. The van der Waals surface area contributed by atoms with Crippen LogP contribution in [0.15, 0.2) is 47.4 Å². The van der Waals surface area contributed by atoms with Crippen molar-refractivity contribution >= 4 is 15.9 Å². The molecule has 0 heterocycles. The lowest BCUT2D eigenvalue weighted by molar-refractivity contribution is -0.119. The molecule has 0 bridgehead atoms. The molecule has 0 fully saturated rings. The predicted molar refractivity (Wildman–Crippen MR) is 96.0 cm³/mol. The summed E-state index contributed by atoms with van der Waals surface area (Å²) in [4.78, 5) is 11.8. The number of hydrogen-bond donors (Lipinski definition) is 2. The van der Waals surface area contributed by atoms with E-state index in [0.717, 1.165) is 23.4 Å². The van der Waals surface area contributed by atoms with Gasteiger partial charge in [-0.3, -0.25) is 4.79 Å². The minimum Gasteiger partial charge on any atom is -0.496 e. The molecule has 0 saturated carbocycles. The normalized spacial score (nSPS) is 11.2. The SMILES string of the molecule is COc1ccccc1CCNC(=O)CNS(=O)(=O)c1ccc(F)cc1C. The van der Waals surface area contributed by atoms with Gasteiger partial charge in [0.25, 0.3) is 0 Å². The highest BCUT2D eigenvalue weighted by Crippen LogP contribution is 2.17. The lowest BCUT2D eigenvalue weighted by Crippen LogP contribution is -2.37. The molecule has 0 saturated heterocycles. The quantitative estimate of drug-likeness (QED) is 0.731. The van der Waals surface area contributed by atoms with Crippen molar-refractivity contribution in [3.8, 4) is 5.75 Å². The van der Waals surface area contributed by atoms with Crippen LogP contribution < -0.4 is 14.8 Å². The molecular formula is C18H21FN2O4S. The summed E-state index contributed by atoms with van der Waals surface area (Å²) in [5.41, 5.74) is 1.21. The molecule has 2 N–H and O–H groups in total. The Kier molecular flexibility index (Phi) is 6.70. The second-order valence-corrected chi connectivity index (χ2v) is 7.38. The van der Waals surface area contributed by atoms with E-state index >= 15 is 0 Å². The van der Waals surface area contributed by atoms with Crippen molar-refractivity contribution in [3.05, 3.63) is 59.4 Å². The van der Waals surface area contributed by atoms with Crippen molar-refractivity contribution < 1.29 is 22.3 Å². The fourth-order valence-electron chi connectivity index (χ4n) is 2.46. The molecule has 2 aromatic rings. The van der Waals surface area contributed by atoms with Gasteiger partial charge in [-0.2, -0.15) is 0 Å². The lowest BCUT2D eigenvalue weighted by atomic mass is 10.1. The molecule has 2 rings (SSSR count). The van der Waals surface area contributed by atoms with E-state index in [1.165, 1.54) is 13.0 Å². The van der Waals surface area contributed by atoms with Crippen molar-refractivity contribution in [2.45, 2.75) is 18.2 Å². The monoisotopic (exact) mass is 380 g/mol. The molecule has 0 aromatic heterocycles. The molecule has 0 aliphatic carbocycles. The first-order valence-corrected chi connectivity index (χ1v) is 9.46. The fourth-order valence-corrected chi connectivity index (χ4v) is 3.67. The van der Waals surface area contributed by atoms with E-state index < -0.39 is 28.3 Å². The Morgan fingerprint density at radius 3 is 2.62 bits per heavy atom. The van der Waals surface area contributed by atoms with Gasteiger partial charge in [0.2, 0.25) is 15.9 Å². The molecule has 0 atom stereocenters. The Morgan fingerprint density at radius 1 is 1.19 bits per heavy atom. The van der Waals surface area contributed by atoms with Gasteiger partial charge in [0.15, 0.2) is 0 Å². The number of hydrogen-bond acceptors (Lipinski definition) is 4. The minimum absolute atomic E-state index is 0.0549. The second kappa shape index (κ2) is 8.77. The van der Waals surface area contributed by atoms with Crippen LogP contribution >= 0.6 is 0 Å². The van der Waals surface area contributed by atoms with E-state index in [1.807, 2.05) is 24.3 Å². The largest absolute Gasteiger partial charge is 0.496 e. The Labute approximate surface area is 152 Å². The molecule has 1 amide bonds. The minimum atomic E-state index is -3.89. The van der Waals surface area contributed by atoms with Gasteiger partial charge in [-0.05, 0) is 48.7 Å². The number of carbonyl (C=O) groups excluding carboxylic acids is 1. The summed E-state index contributed by atoms with van der Waals surface area (Å²) in [6.07, 6.45) is 0.555. The summed E-state index contributed by atoms with van der Waals surface area (Å²) < 4.78 is 45.0. The molecule has 0 radical (unpaired) electrons. The van der Waals surface area contributed by atoms with Crippen LogP contribution in [0.5, 0.6) is 5.75 Å². The van der Waals surface area contributed by atoms with Crippen molar-refractivity contribution in [1.29, 1.82) is 0 Å². The summed E-state index contributed by atoms with van der Waals surface area (Å²) >= 11 is 0. The Morgan fingerprint density at radius 2 is 1.92 bits per heavy atom. The fraction of sp³-hybridized carbons (Fsp3) is 0.278. The average molecular weight is 380 g/mol. The third-order valence-electron chi connectivity index (χ3n) is 3.76. The number of methoxy groups -OCH3 is 1. The summed E-state index contributed by atoms with van der Waals surface area (Å²) in [5, 5.41) is 2.65. The number of benzene rings is 2. The summed E-state index contributed by atoms with van der Waals surface area (Å²) in [6.45, 7) is 1.44. The van der Waals surface area contributed by atoms with Crippen molar-refractivity contribution in [2.24, 2.45) is 0 Å². The van der Waals surface area contributed by atoms with Gasteiger partial charge >= 0.3 is 0 Å². The van der Waals surface area contributed by atoms with E-state index in [-0.39, 0.29) is 10.5 Å². The molecule has 0 unspecified atom stereocenters. The third kappa shape index (κ3) is 5.27. The van der Waals surface area contributed by atoms with Crippen molar-refractivity contribution in [1.82, 2.24) is 10.0 Å². The molecule has 0 spiro atoms. The molecule has 6 nitrogen and oxygen atoms in total. The number of sulfonamides is 1. The number of aryl methyl sites for hydroxylation is 1. The predicted octanol–water partition coefficient (Wildman–Crippen LogP) is 1.78. The first kappa shape index (κ1) is 19.9. The van der Waals surface area contributed by atoms with Crippen molar-refractivity contribution in [2.75, 3.05) is 20.2 Å². The van der Waals surface area contributed by atoms with Crippen LogP contribution in [0.2, 0.25) is 0 Å². The standard InChI is InChI=1S/C18H21FN2O4S/c1-13-11-15(19)7-8-17(13)26(23,24)21-12-18(22)20-10-9-14-5-3-4-6-16(14)25-2/h3-8,11,21H,9-10,12H2,1-2H3,(H,20,22). The van der Waals surface area contributed by atoms with Crippen LogP contribution in [0, 0.1) is 12.7 Å². The second-order valence-electron chi connectivity index (χ2n) is 5.65. The van der Waals surface area contributed by atoms with Gasteiger partial charge in [-0.15, -0.1) is 0 Å². The number of halogens is 1. The van der Waals surface area contributed by atoms with Crippen LogP contribution in [0.25, 0.3) is 0 Å². The van der Waals surface area contributed by atoms with Crippen molar-refractivity contribution in [3.63, 3.8) is 0 Å². The third-order valence-corrected chi connectivity index (χ3v) is 5.32. The maximum absolute atomic E-state index is 13.1. The van der Waals surface area contributed by atoms with Gasteiger partial charge in [-0.1, -0.05) is 18.2 Å². The van der Waals surface area contributed by atoms with Crippen LogP contribution in [0.1, 0.15) is 11.1 Å². The number of para-hydroxylation sites is 1. The average Bonchev–Trinajstić information content (AvgIpc) is 2.60. The van der Waals surface area contributed by atoms with Gasteiger partial charge in [0.05, 0.1) is 18.6 Å². The van der Waals surface area contributed by atoms with Gasteiger partial charge in [0, 0.05) is 6.54 Å². The number of carbonyl (C=O) groups is 1. The number of amides is 1. The zero-order valence-corrected chi connectivity index (χ0v) is 15.4. The summed E-state index contributed by atoms with van der Waals surface area (Å²) in [7, 11) is -2.32. The van der Waals surface area contributed by atoms with Crippen LogP contribution in [-0.2, 0) is 21.2 Å². The maximum Gasteiger partial charge on any atom is 0.241 e. The first-order chi connectivity index (χ1) is 12.3. The Bertz CT molecular complexity index is 885. The van der Waals surface area contributed by atoms with E-state index in [1.54, 1.807) is 7.11 Å². The highest BCUT2D eigenvalue weighted by molar-refractivity contribution is 7.89. The highest BCUT2D eigenvalue weighted by atomic mass is 32.2. The highest BCUT2D eigenvalue weighted by Gasteiger charge is 2.18. The van der Waals surface area contributed by atoms with Gasteiger partial charge in [-0.25, -0.2) is 17.5 Å². The van der Waals surface area contributed by atoms with Crippen LogP contribution in [-0.4, -0.2) is 34.5 Å². The maximum atomic E-state index is 13.1. The van der Waals surface area contributed by atoms with E-state index in [0.29, 0.717) is 13.0 Å². The molecule has 140 valence electrons. The summed E-state index contributed by atoms with van der Waals surface area (Å²) in [5.74, 6) is -0.243. The number of ether oxygens (including phenoxy) is 1.